The van der Waals surface area contributed by atoms with Gasteiger partial charge >= 0.3 is 0 Å². The molecule has 0 bridgehead atoms. The van der Waals surface area contributed by atoms with E-state index in [0.29, 0.717) is 47.9 Å². The zero-order valence-corrected chi connectivity index (χ0v) is 18.3. The van der Waals surface area contributed by atoms with Crippen LogP contribution < -0.4 is 9.47 Å². The summed E-state index contributed by atoms with van der Waals surface area (Å²) in [6, 6.07) is 10.2. The molecule has 2 aliphatic heterocycles. The van der Waals surface area contributed by atoms with E-state index >= 15 is 0 Å². The number of ether oxygens (including phenoxy) is 3. The molecule has 5 rings (SSSR count). The molecule has 1 aromatic heterocycles. The number of hydrogen-bond donors (Lipinski definition) is 0. The van der Waals surface area contributed by atoms with Gasteiger partial charge in [-0.15, -0.1) is 10.2 Å². The molecule has 1 fully saturated rings. The van der Waals surface area contributed by atoms with E-state index in [2.05, 4.69) is 14.8 Å². The van der Waals surface area contributed by atoms with Gasteiger partial charge in [0, 0.05) is 17.9 Å². The molecule has 0 amide bonds. The van der Waals surface area contributed by atoms with E-state index in [1.165, 1.54) is 12.1 Å². The molecule has 2 aliphatic rings. The summed E-state index contributed by atoms with van der Waals surface area (Å²) >= 11 is 7.94. The maximum absolute atomic E-state index is 13.4. The van der Waals surface area contributed by atoms with Crippen LogP contribution in [0.3, 0.4) is 0 Å². The average Bonchev–Trinajstić information content (AvgIpc) is 3.44. The van der Waals surface area contributed by atoms with Crippen LogP contribution in [-0.4, -0.2) is 40.7 Å². The van der Waals surface area contributed by atoms with E-state index in [-0.39, 0.29) is 11.9 Å². The summed E-state index contributed by atoms with van der Waals surface area (Å²) in [4.78, 5) is 0. The molecule has 9 heteroatoms. The van der Waals surface area contributed by atoms with Gasteiger partial charge in [0.1, 0.15) is 19.0 Å². The summed E-state index contributed by atoms with van der Waals surface area (Å²) < 4.78 is 32.6. The highest BCUT2D eigenvalue weighted by molar-refractivity contribution is 7.98. The summed E-state index contributed by atoms with van der Waals surface area (Å²) in [6.45, 7) is 2.44. The summed E-state index contributed by atoms with van der Waals surface area (Å²) in [7, 11) is 0. The smallest absolute Gasteiger partial charge is 0.191 e. The monoisotopic (exact) mass is 461 g/mol. The van der Waals surface area contributed by atoms with Gasteiger partial charge in [0.05, 0.1) is 17.7 Å². The highest BCUT2D eigenvalue weighted by atomic mass is 35.5. The van der Waals surface area contributed by atoms with Crippen molar-refractivity contribution in [3.05, 3.63) is 52.8 Å². The molecule has 0 radical (unpaired) electrons. The summed E-state index contributed by atoms with van der Waals surface area (Å²) in [5.41, 5.74) is 1.83. The second-order valence-corrected chi connectivity index (χ2v) is 8.80. The van der Waals surface area contributed by atoms with Gasteiger partial charge in [0.2, 0.25) is 0 Å². The van der Waals surface area contributed by atoms with Crippen LogP contribution in [0.2, 0.25) is 5.02 Å². The quantitative estimate of drug-likeness (QED) is 0.482. The van der Waals surface area contributed by atoms with Crippen LogP contribution >= 0.6 is 23.4 Å². The fraction of sp³-hybridized carbons (Fsp3) is 0.364. The summed E-state index contributed by atoms with van der Waals surface area (Å²) in [5.74, 6) is 2.34. The molecular weight excluding hydrogens is 441 g/mol. The van der Waals surface area contributed by atoms with Crippen molar-refractivity contribution < 1.29 is 18.6 Å². The number of rotatable bonds is 6. The van der Waals surface area contributed by atoms with Gasteiger partial charge in [0.25, 0.3) is 0 Å². The number of thioether (sulfide) groups is 1. The molecule has 0 N–H and O–H groups in total. The number of hydrogen-bond acceptors (Lipinski definition) is 6. The fourth-order valence-electron chi connectivity index (χ4n) is 3.76. The second kappa shape index (κ2) is 9.06. The maximum atomic E-state index is 13.4. The van der Waals surface area contributed by atoms with Crippen molar-refractivity contribution in [2.24, 2.45) is 0 Å². The van der Waals surface area contributed by atoms with Gasteiger partial charge in [-0.25, -0.2) is 4.39 Å². The molecule has 1 atom stereocenters. The van der Waals surface area contributed by atoms with Crippen LogP contribution in [0.5, 0.6) is 11.5 Å². The Balaban J connectivity index is 1.40. The number of halogens is 2. The SMILES string of the molecule is Fc1ccc(-c2nnc(SCc3cc(Cl)c4c(c3)OCCO4)n2CC2CCCO2)cc1. The third-order valence-electron chi connectivity index (χ3n) is 5.25. The van der Waals surface area contributed by atoms with Crippen LogP contribution in [0.1, 0.15) is 18.4 Å². The Morgan fingerprint density at radius 2 is 1.94 bits per heavy atom. The van der Waals surface area contributed by atoms with Gasteiger partial charge < -0.3 is 14.2 Å². The number of nitrogens with zero attached hydrogens (tertiary/aromatic N) is 3. The van der Waals surface area contributed by atoms with Crippen LogP contribution in [0.15, 0.2) is 41.6 Å². The first-order chi connectivity index (χ1) is 15.2. The largest absolute Gasteiger partial charge is 0.486 e. The number of fused-ring (bicyclic) bond motifs is 1. The second-order valence-electron chi connectivity index (χ2n) is 7.45. The Morgan fingerprint density at radius 1 is 1.10 bits per heavy atom. The van der Waals surface area contributed by atoms with E-state index in [4.69, 9.17) is 25.8 Å². The molecular formula is C22H21ClFN3O3S. The molecule has 0 spiro atoms. The minimum Gasteiger partial charge on any atom is -0.486 e. The normalized spacial score (nSPS) is 17.8. The van der Waals surface area contributed by atoms with Crippen LogP contribution in [0, 0.1) is 5.82 Å². The lowest BCUT2D eigenvalue weighted by molar-refractivity contribution is 0.0953. The van der Waals surface area contributed by atoms with Crippen molar-refractivity contribution >= 4 is 23.4 Å². The Bertz CT molecular complexity index is 1070. The van der Waals surface area contributed by atoms with Crippen molar-refractivity contribution in [1.29, 1.82) is 0 Å². The van der Waals surface area contributed by atoms with Gasteiger partial charge in [-0.05, 0) is 54.8 Å². The predicted molar refractivity (Wildman–Crippen MR) is 116 cm³/mol. The lowest BCUT2D eigenvalue weighted by Gasteiger charge is -2.20. The molecule has 6 nitrogen and oxygen atoms in total. The Labute approximate surface area is 188 Å². The van der Waals surface area contributed by atoms with Gasteiger partial charge in [-0.1, -0.05) is 23.4 Å². The zero-order chi connectivity index (χ0) is 21.2. The average molecular weight is 462 g/mol. The molecule has 3 heterocycles. The molecule has 3 aromatic rings. The maximum Gasteiger partial charge on any atom is 0.191 e. The van der Waals surface area contributed by atoms with Gasteiger partial charge in [-0.3, -0.25) is 4.57 Å². The highest BCUT2D eigenvalue weighted by Crippen LogP contribution is 2.39. The van der Waals surface area contributed by atoms with Crippen LogP contribution in [0.25, 0.3) is 11.4 Å². The Morgan fingerprint density at radius 3 is 2.74 bits per heavy atom. The molecule has 1 saturated heterocycles. The first-order valence-electron chi connectivity index (χ1n) is 10.2. The van der Waals surface area contributed by atoms with Crippen molar-refractivity contribution in [1.82, 2.24) is 14.8 Å². The number of aromatic nitrogens is 3. The van der Waals surface area contributed by atoms with E-state index < -0.39 is 0 Å². The van der Waals surface area contributed by atoms with E-state index in [1.807, 2.05) is 12.1 Å². The third kappa shape index (κ3) is 4.51. The lowest BCUT2D eigenvalue weighted by Crippen LogP contribution is -2.16. The predicted octanol–water partition coefficient (Wildman–Crippen LogP) is 4.98. The van der Waals surface area contributed by atoms with Crippen LogP contribution in [-0.2, 0) is 17.0 Å². The topological polar surface area (TPSA) is 58.4 Å². The van der Waals surface area contributed by atoms with Gasteiger partial charge in [-0.2, -0.15) is 0 Å². The highest BCUT2D eigenvalue weighted by Gasteiger charge is 2.22. The number of benzene rings is 2. The minimum atomic E-state index is -0.279. The first-order valence-corrected chi connectivity index (χ1v) is 11.6. The zero-order valence-electron chi connectivity index (χ0n) is 16.7. The third-order valence-corrected chi connectivity index (χ3v) is 6.57. The molecule has 1 unspecified atom stereocenters. The van der Waals surface area contributed by atoms with Crippen molar-refractivity contribution in [2.45, 2.75) is 36.4 Å². The Hall–Kier alpha value is -2.29. The lowest BCUT2D eigenvalue weighted by atomic mass is 10.2. The molecule has 0 saturated carbocycles. The Kier molecular flexibility index (Phi) is 6.02. The molecule has 2 aromatic carbocycles. The molecule has 31 heavy (non-hydrogen) atoms. The fourth-order valence-corrected chi connectivity index (χ4v) is 4.93. The van der Waals surface area contributed by atoms with Gasteiger partial charge in [0.15, 0.2) is 22.5 Å². The summed E-state index contributed by atoms with van der Waals surface area (Å²) in [6.07, 6.45) is 2.18. The van der Waals surface area contributed by atoms with E-state index in [1.54, 1.807) is 23.9 Å². The van der Waals surface area contributed by atoms with Crippen LogP contribution in [0.4, 0.5) is 4.39 Å². The van der Waals surface area contributed by atoms with E-state index in [9.17, 15) is 4.39 Å². The standard InChI is InChI=1S/C22H21ClFN3O3S/c23-18-10-14(11-19-20(18)30-9-8-29-19)13-31-22-26-25-21(15-3-5-16(24)6-4-15)27(22)12-17-2-1-7-28-17/h3-6,10-11,17H,1-2,7-9,12-13H2. The summed E-state index contributed by atoms with van der Waals surface area (Å²) in [5, 5.41) is 10.1. The molecule has 0 aliphatic carbocycles. The van der Waals surface area contributed by atoms with Crippen molar-refractivity contribution in [2.75, 3.05) is 19.8 Å². The first kappa shape index (κ1) is 20.6. The minimum absolute atomic E-state index is 0.123. The van der Waals surface area contributed by atoms with E-state index in [0.717, 1.165) is 35.7 Å². The molecule has 162 valence electrons. The van der Waals surface area contributed by atoms with Crippen molar-refractivity contribution in [3.8, 4) is 22.9 Å². The van der Waals surface area contributed by atoms with Crippen molar-refractivity contribution in [3.63, 3.8) is 0 Å².